The van der Waals surface area contributed by atoms with Crippen molar-refractivity contribution in [2.75, 3.05) is 5.32 Å². The average Bonchev–Trinajstić information content (AvgIpc) is 3.49. The van der Waals surface area contributed by atoms with E-state index in [9.17, 15) is 4.79 Å². The number of hydrogen-bond donors (Lipinski definition) is 2. The summed E-state index contributed by atoms with van der Waals surface area (Å²) in [5, 5.41) is 15.8. The van der Waals surface area contributed by atoms with Crippen LogP contribution in [0, 0.1) is 0 Å². The van der Waals surface area contributed by atoms with E-state index in [0.717, 1.165) is 34.7 Å². The normalized spacial score (nSPS) is 18.8. The van der Waals surface area contributed by atoms with Gasteiger partial charge in [0.15, 0.2) is 5.13 Å². The summed E-state index contributed by atoms with van der Waals surface area (Å²) in [6, 6.07) is 11.4. The minimum Gasteiger partial charge on any atom is -0.357 e. The molecule has 3 heterocycles. The lowest BCUT2D eigenvalue weighted by molar-refractivity contribution is 0.0935. The van der Waals surface area contributed by atoms with E-state index in [1.54, 1.807) is 24.7 Å². The zero-order valence-corrected chi connectivity index (χ0v) is 16.3. The molecule has 0 radical (unpaired) electrons. The van der Waals surface area contributed by atoms with Crippen LogP contribution in [0.15, 0.2) is 55.0 Å². The molecule has 1 fully saturated rings. The number of amides is 1. The fraction of sp³-hybridized carbons (Fsp3) is 0.250. The van der Waals surface area contributed by atoms with E-state index in [4.69, 9.17) is 0 Å². The number of nitrogens with zero attached hydrogens (tertiary/aromatic N) is 5. The van der Waals surface area contributed by atoms with E-state index >= 15 is 0 Å². The molecule has 5 rings (SSSR count). The molecule has 0 spiro atoms. The Hall–Kier alpha value is -3.33. The highest BCUT2D eigenvalue weighted by atomic mass is 32.1. The molecule has 1 amide bonds. The molecule has 3 aromatic heterocycles. The first kappa shape index (κ1) is 17.7. The van der Waals surface area contributed by atoms with E-state index in [0.29, 0.717) is 11.3 Å². The summed E-state index contributed by atoms with van der Waals surface area (Å²) in [5.74, 6) is -0.123. The van der Waals surface area contributed by atoms with Crippen LogP contribution < -0.4 is 10.6 Å². The Labute approximate surface area is 171 Å². The highest BCUT2D eigenvalue weighted by Crippen LogP contribution is 2.28. The Balaban J connectivity index is 1.33. The lowest BCUT2D eigenvalue weighted by Crippen LogP contribution is -2.43. The number of carbonyl (C=O) groups excluding carboxylic acids is 1. The van der Waals surface area contributed by atoms with Gasteiger partial charge >= 0.3 is 0 Å². The fourth-order valence-corrected chi connectivity index (χ4v) is 4.59. The van der Waals surface area contributed by atoms with Gasteiger partial charge in [-0.3, -0.25) is 4.79 Å². The van der Waals surface area contributed by atoms with Crippen LogP contribution in [-0.2, 0) is 0 Å². The van der Waals surface area contributed by atoms with Gasteiger partial charge in [-0.2, -0.15) is 15.0 Å². The molecule has 0 aliphatic heterocycles. The van der Waals surface area contributed by atoms with Gasteiger partial charge in [-0.05, 0) is 43.5 Å². The second-order valence-corrected chi connectivity index (χ2v) is 7.92. The van der Waals surface area contributed by atoms with Gasteiger partial charge < -0.3 is 10.6 Å². The van der Waals surface area contributed by atoms with Crippen molar-refractivity contribution in [1.82, 2.24) is 30.3 Å². The van der Waals surface area contributed by atoms with Crippen molar-refractivity contribution in [1.29, 1.82) is 0 Å². The van der Waals surface area contributed by atoms with E-state index in [2.05, 4.69) is 30.8 Å². The van der Waals surface area contributed by atoms with Gasteiger partial charge in [0.25, 0.3) is 5.91 Å². The molecule has 1 aromatic carbocycles. The molecular weight excluding hydrogens is 386 g/mol. The number of aromatic nitrogens is 5. The molecule has 8 nitrogen and oxygen atoms in total. The molecule has 9 heteroatoms. The van der Waals surface area contributed by atoms with Crippen molar-refractivity contribution in [3.05, 3.63) is 60.6 Å². The molecule has 2 atom stereocenters. The summed E-state index contributed by atoms with van der Waals surface area (Å²) in [7, 11) is 0. The monoisotopic (exact) mass is 405 g/mol. The highest BCUT2D eigenvalue weighted by Gasteiger charge is 2.30. The topological polar surface area (TPSA) is 97.6 Å². The van der Waals surface area contributed by atoms with Gasteiger partial charge in [0.1, 0.15) is 10.3 Å². The molecule has 29 heavy (non-hydrogen) atoms. The maximum atomic E-state index is 13.0. The van der Waals surface area contributed by atoms with Crippen molar-refractivity contribution in [3.63, 3.8) is 0 Å². The maximum absolute atomic E-state index is 13.0. The molecule has 1 aliphatic carbocycles. The summed E-state index contributed by atoms with van der Waals surface area (Å²) in [6.07, 6.45) is 7.92. The van der Waals surface area contributed by atoms with E-state index in [-0.39, 0.29) is 18.0 Å². The number of benzene rings is 1. The van der Waals surface area contributed by atoms with Crippen molar-refractivity contribution in [2.45, 2.75) is 31.3 Å². The summed E-state index contributed by atoms with van der Waals surface area (Å²) >= 11 is 1.54. The van der Waals surface area contributed by atoms with Crippen LogP contribution in [0.2, 0.25) is 0 Å². The summed E-state index contributed by atoms with van der Waals surface area (Å²) < 4.78 is 0. The molecule has 4 aromatic rings. The third kappa shape index (κ3) is 3.56. The summed E-state index contributed by atoms with van der Waals surface area (Å²) in [5.41, 5.74) is 2.10. The van der Waals surface area contributed by atoms with Crippen molar-refractivity contribution in [3.8, 4) is 5.69 Å². The van der Waals surface area contributed by atoms with Crippen LogP contribution in [0.1, 0.15) is 29.6 Å². The van der Waals surface area contributed by atoms with Gasteiger partial charge in [0.2, 0.25) is 0 Å². The molecule has 0 saturated heterocycles. The number of anilines is 1. The number of hydrogen-bond acceptors (Lipinski definition) is 7. The fourth-order valence-electron chi connectivity index (χ4n) is 3.72. The van der Waals surface area contributed by atoms with E-state index < -0.39 is 0 Å². The average molecular weight is 405 g/mol. The molecule has 1 saturated carbocycles. The minimum absolute atomic E-state index is 0.0288. The Morgan fingerprint density at radius 3 is 2.72 bits per heavy atom. The third-order valence-corrected chi connectivity index (χ3v) is 6.00. The van der Waals surface area contributed by atoms with Crippen molar-refractivity contribution in [2.24, 2.45) is 0 Å². The third-order valence-electron chi connectivity index (χ3n) is 5.09. The molecule has 146 valence electrons. The second kappa shape index (κ2) is 7.59. The van der Waals surface area contributed by atoms with Gasteiger partial charge in [-0.25, -0.2) is 9.97 Å². The van der Waals surface area contributed by atoms with Crippen LogP contribution in [0.4, 0.5) is 5.13 Å². The Kier molecular flexibility index (Phi) is 4.65. The predicted octanol–water partition coefficient (Wildman–Crippen LogP) is 3.04. The molecule has 2 N–H and O–H groups in total. The Bertz CT molecular complexity index is 1110. The molecule has 0 unspecified atom stereocenters. The highest BCUT2D eigenvalue weighted by molar-refractivity contribution is 7.21. The first-order valence-corrected chi connectivity index (χ1v) is 10.3. The number of thiazole rings is 1. The minimum atomic E-state index is -0.123. The lowest BCUT2D eigenvalue weighted by atomic mass is 10.1. The van der Waals surface area contributed by atoms with E-state index in [1.807, 2.05) is 30.3 Å². The van der Waals surface area contributed by atoms with Crippen LogP contribution in [0.3, 0.4) is 0 Å². The first-order chi connectivity index (χ1) is 14.3. The number of para-hydroxylation sites is 1. The van der Waals surface area contributed by atoms with Crippen LogP contribution in [0.25, 0.3) is 16.0 Å². The second-order valence-electron chi connectivity index (χ2n) is 6.94. The van der Waals surface area contributed by atoms with Gasteiger partial charge in [0, 0.05) is 18.3 Å². The number of rotatable bonds is 5. The van der Waals surface area contributed by atoms with Gasteiger partial charge in [-0.15, -0.1) is 0 Å². The maximum Gasteiger partial charge on any atom is 0.253 e. The molecular formula is C20H19N7OS. The molecule has 0 bridgehead atoms. The lowest BCUT2D eigenvalue weighted by Gasteiger charge is -2.22. The van der Waals surface area contributed by atoms with Gasteiger partial charge in [-0.1, -0.05) is 23.5 Å². The number of fused-ring (bicyclic) bond motifs is 1. The smallest absolute Gasteiger partial charge is 0.253 e. The van der Waals surface area contributed by atoms with Crippen molar-refractivity contribution >= 4 is 32.7 Å². The standard InChI is InChI=1S/C20H19N7OS/c28-18(13-5-1-2-9-17(13)27-22-11-12-23-27)24-14-6-3-7-15(14)25-20-26-16-8-4-10-21-19(16)29-20/h1-2,4-5,8-12,14-15H,3,6-7H2,(H,24,28)(H,25,26)/t14-,15+/m1/s1. The van der Waals surface area contributed by atoms with Crippen LogP contribution in [0.5, 0.6) is 0 Å². The largest absolute Gasteiger partial charge is 0.357 e. The SMILES string of the molecule is O=C(N[C@@H]1CCC[C@@H]1Nc1nc2cccnc2s1)c1ccccc1-n1nccn1. The quantitative estimate of drug-likeness (QED) is 0.530. The first-order valence-electron chi connectivity index (χ1n) is 9.52. The number of nitrogens with one attached hydrogen (secondary N) is 2. The number of carbonyl (C=O) groups is 1. The van der Waals surface area contributed by atoms with Crippen LogP contribution in [-0.4, -0.2) is 43.0 Å². The summed E-state index contributed by atoms with van der Waals surface area (Å²) in [4.78, 5) is 24.4. The summed E-state index contributed by atoms with van der Waals surface area (Å²) in [6.45, 7) is 0. The van der Waals surface area contributed by atoms with E-state index in [1.165, 1.54) is 16.1 Å². The van der Waals surface area contributed by atoms with Crippen molar-refractivity contribution < 1.29 is 4.79 Å². The zero-order chi connectivity index (χ0) is 19.6. The molecule has 1 aliphatic rings. The predicted molar refractivity (Wildman–Crippen MR) is 111 cm³/mol. The Morgan fingerprint density at radius 2 is 1.86 bits per heavy atom. The Morgan fingerprint density at radius 1 is 1.03 bits per heavy atom. The number of pyridine rings is 1. The zero-order valence-electron chi connectivity index (χ0n) is 15.5. The van der Waals surface area contributed by atoms with Crippen LogP contribution >= 0.6 is 11.3 Å². The van der Waals surface area contributed by atoms with Gasteiger partial charge in [0.05, 0.1) is 23.6 Å².